The molecule has 0 fully saturated rings. The first kappa shape index (κ1) is 16.8. The van der Waals surface area contributed by atoms with Crippen molar-refractivity contribution in [1.82, 2.24) is 4.98 Å². The Morgan fingerprint density at radius 3 is 2.38 bits per heavy atom. The van der Waals surface area contributed by atoms with Gasteiger partial charge in [0.1, 0.15) is 0 Å². The number of anilines is 1. The Hall–Kier alpha value is -2.07. The van der Waals surface area contributed by atoms with Gasteiger partial charge in [-0.2, -0.15) is 0 Å². The second-order valence-corrected chi connectivity index (χ2v) is 7.93. The Kier molecular flexibility index (Phi) is 4.76. The van der Waals surface area contributed by atoms with Crippen LogP contribution in [0.4, 0.5) is 5.69 Å². The molecule has 0 amide bonds. The Morgan fingerprint density at radius 2 is 1.71 bits per heavy atom. The molecule has 3 aromatic rings. The lowest BCUT2D eigenvalue weighted by molar-refractivity contribution is 0.268. The van der Waals surface area contributed by atoms with Gasteiger partial charge in [-0.3, -0.25) is 4.57 Å². The summed E-state index contributed by atoms with van der Waals surface area (Å²) in [7, 11) is -0.581. The number of nitrogens with one attached hydrogen (secondary N) is 2. The Morgan fingerprint density at radius 1 is 1.04 bits per heavy atom. The maximum absolute atomic E-state index is 13.1. The van der Waals surface area contributed by atoms with Crippen LogP contribution in [0.1, 0.15) is 16.9 Å². The summed E-state index contributed by atoms with van der Waals surface area (Å²) in [6, 6.07) is 15.8. The van der Waals surface area contributed by atoms with E-state index in [2.05, 4.69) is 10.3 Å². The van der Waals surface area contributed by atoms with Gasteiger partial charge in [0, 0.05) is 42.6 Å². The highest BCUT2D eigenvalue weighted by molar-refractivity contribution is 7.54. The molecule has 2 aromatic carbocycles. The molecule has 0 aliphatic carbocycles. The maximum Gasteiger partial charge on any atom is 0.356 e. The van der Waals surface area contributed by atoms with E-state index in [0.717, 1.165) is 27.7 Å². The highest BCUT2D eigenvalue weighted by Gasteiger charge is 2.37. The van der Waals surface area contributed by atoms with Crippen molar-refractivity contribution in [2.24, 2.45) is 0 Å². The zero-order valence-corrected chi connectivity index (χ0v) is 14.8. The molecule has 3 rings (SSSR count). The maximum atomic E-state index is 13.1. The standard InChI is InChI=1S/C18H21N2O3P/c1-13-8-10-14(11-9-13)20-18(24(21,22-2)23-3)16-12-19-17-7-5-4-6-15(16)17/h4-12,18-20H,1-3H3/t18-/m1/s1. The largest absolute Gasteiger partial charge is 0.368 e. The third kappa shape index (κ3) is 3.11. The summed E-state index contributed by atoms with van der Waals surface area (Å²) in [5.74, 6) is -0.619. The average molecular weight is 344 g/mol. The number of fused-ring (bicyclic) bond motifs is 1. The van der Waals surface area contributed by atoms with Gasteiger partial charge in [-0.15, -0.1) is 0 Å². The number of hydrogen-bond acceptors (Lipinski definition) is 4. The van der Waals surface area contributed by atoms with Crippen LogP contribution in [0.15, 0.2) is 54.7 Å². The predicted molar refractivity (Wildman–Crippen MR) is 97.5 cm³/mol. The van der Waals surface area contributed by atoms with Gasteiger partial charge >= 0.3 is 7.60 Å². The predicted octanol–water partition coefficient (Wildman–Crippen LogP) is 5.07. The molecule has 0 saturated carbocycles. The van der Waals surface area contributed by atoms with E-state index in [0.29, 0.717) is 0 Å². The first-order valence-corrected chi connectivity index (χ1v) is 9.29. The van der Waals surface area contributed by atoms with Crippen molar-refractivity contribution in [2.45, 2.75) is 12.7 Å². The smallest absolute Gasteiger partial charge is 0.356 e. The molecule has 0 saturated heterocycles. The molecule has 0 radical (unpaired) electrons. The second-order valence-electron chi connectivity index (χ2n) is 5.61. The minimum atomic E-state index is -3.39. The fraction of sp³-hybridized carbons (Fsp3) is 0.222. The summed E-state index contributed by atoms with van der Waals surface area (Å²) in [6.07, 6.45) is 1.85. The van der Waals surface area contributed by atoms with Crippen molar-refractivity contribution in [3.63, 3.8) is 0 Å². The van der Waals surface area contributed by atoms with Crippen LogP contribution >= 0.6 is 7.60 Å². The SMILES string of the molecule is COP(=O)(OC)[C@@H](Nc1ccc(C)cc1)c1c[nH]c2ccccc12. The van der Waals surface area contributed by atoms with E-state index < -0.39 is 13.4 Å². The molecule has 2 N–H and O–H groups in total. The average Bonchev–Trinajstić information content (AvgIpc) is 3.04. The molecule has 5 nitrogen and oxygen atoms in total. The molecular weight excluding hydrogens is 323 g/mol. The van der Waals surface area contributed by atoms with Crippen LogP contribution in [0.3, 0.4) is 0 Å². The van der Waals surface area contributed by atoms with Crippen LogP contribution < -0.4 is 5.32 Å². The number of benzene rings is 2. The lowest BCUT2D eigenvalue weighted by Gasteiger charge is -2.26. The van der Waals surface area contributed by atoms with E-state index in [-0.39, 0.29) is 0 Å². The van der Waals surface area contributed by atoms with E-state index in [1.165, 1.54) is 14.2 Å². The fourth-order valence-electron chi connectivity index (χ4n) is 2.74. The van der Waals surface area contributed by atoms with Gasteiger partial charge in [-0.25, -0.2) is 0 Å². The van der Waals surface area contributed by atoms with E-state index in [9.17, 15) is 4.57 Å². The highest BCUT2D eigenvalue weighted by Crippen LogP contribution is 2.60. The lowest BCUT2D eigenvalue weighted by Crippen LogP contribution is -2.13. The second kappa shape index (κ2) is 6.81. The van der Waals surface area contributed by atoms with Crippen molar-refractivity contribution >= 4 is 24.2 Å². The molecule has 0 bridgehead atoms. The summed E-state index contributed by atoms with van der Waals surface area (Å²) in [5.41, 5.74) is 3.83. The molecule has 0 aliphatic heterocycles. The molecule has 126 valence electrons. The Bertz CT molecular complexity index is 865. The number of hydrogen-bond donors (Lipinski definition) is 2. The summed E-state index contributed by atoms with van der Waals surface area (Å²) < 4.78 is 23.7. The molecule has 1 heterocycles. The molecule has 6 heteroatoms. The first-order valence-electron chi connectivity index (χ1n) is 7.68. The van der Waals surface area contributed by atoms with Gasteiger partial charge in [0.05, 0.1) is 0 Å². The molecule has 24 heavy (non-hydrogen) atoms. The zero-order valence-electron chi connectivity index (χ0n) is 13.9. The molecular formula is C18H21N2O3P. The Labute approximate surface area is 141 Å². The van der Waals surface area contributed by atoms with Gasteiger partial charge in [0.15, 0.2) is 5.78 Å². The third-order valence-electron chi connectivity index (χ3n) is 4.10. The molecule has 0 unspecified atom stereocenters. The van der Waals surface area contributed by atoms with Crippen molar-refractivity contribution in [3.05, 3.63) is 65.9 Å². The van der Waals surface area contributed by atoms with Gasteiger partial charge in [0.25, 0.3) is 0 Å². The summed E-state index contributed by atoms with van der Waals surface area (Å²) in [6.45, 7) is 2.02. The van der Waals surface area contributed by atoms with Crippen LogP contribution in [0.25, 0.3) is 10.9 Å². The number of aromatic amines is 1. The van der Waals surface area contributed by atoms with Crippen molar-refractivity contribution in [3.8, 4) is 0 Å². The topological polar surface area (TPSA) is 63.4 Å². The van der Waals surface area contributed by atoms with Crippen LogP contribution in [-0.4, -0.2) is 19.2 Å². The number of aryl methyl sites for hydroxylation is 1. The first-order chi connectivity index (χ1) is 11.6. The molecule has 0 spiro atoms. The van der Waals surface area contributed by atoms with Gasteiger partial charge in [0.2, 0.25) is 0 Å². The normalized spacial score (nSPS) is 13.1. The monoisotopic (exact) mass is 344 g/mol. The fourth-order valence-corrected chi connectivity index (χ4v) is 4.17. The van der Waals surface area contributed by atoms with Crippen molar-refractivity contribution in [1.29, 1.82) is 0 Å². The number of rotatable bonds is 6. The number of H-pyrrole nitrogens is 1. The van der Waals surface area contributed by atoms with Gasteiger partial charge in [-0.1, -0.05) is 35.9 Å². The summed E-state index contributed by atoms with van der Waals surface area (Å²) >= 11 is 0. The zero-order chi connectivity index (χ0) is 17.2. The third-order valence-corrected chi connectivity index (χ3v) is 6.15. The lowest BCUT2D eigenvalue weighted by atomic mass is 10.1. The number of para-hydroxylation sites is 1. The van der Waals surface area contributed by atoms with Crippen LogP contribution in [0.2, 0.25) is 0 Å². The van der Waals surface area contributed by atoms with Crippen LogP contribution in [0, 0.1) is 6.92 Å². The number of aromatic nitrogens is 1. The van der Waals surface area contributed by atoms with E-state index in [1.54, 1.807) is 0 Å². The minimum Gasteiger partial charge on any atom is -0.368 e. The van der Waals surface area contributed by atoms with Gasteiger partial charge in [-0.05, 0) is 25.1 Å². The quantitative estimate of drug-likeness (QED) is 0.613. The van der Waals surface area contributed by atoms with E-state index in [4.69, 9.17) is 9.05 Å². The Balaban J connectivity index is 2.08. The molecule has 1 atom stereocenters. The van der Waals surface area contributed by atoms with Crippen molar-refractivity contribution in [2.75, 3.05) is 19.5 Å². The molecule has 0 aliphatic rings. The van der Waals surface area contributed by atoms with Gasteiger partial charge < -0.3 is 19.3 Å². The minimum absolute atomic E-state index is 0.619. The van der Waals surface area contributed by atoms with Crippen LogP contribution in [0.5, 0.6) is 0 Å². The van der Waals surface area contributed by atoms with Crippen LogP contribution in [-0.2, 0) is 13.6 Å². The van der Waals surface area contributed by atoms with Crippen molar-refractivity contribution < 1.29 is 13.6 Å². The molecule has 1 aromatic heterocycles. The summed E-state index contributed by atoms with van der Waals surface area (Å²) in [4.78, 5) is 3.21. The van der Waals surface area contributed by atoms with E-state index in [1.807, 2.05) is 61.7 Å². The summed E-state index contributed by atoms with van der Waals surface area (Å²) in [5, 5.41) is 4.29. The van der Waals surface area contributed by atoms with E-state index >= 15 is 0 Å². The highest BCUT2D eigenvalue weighted by atomic mass is 31.2.